The number of aliphatic hydroxyl groups excluding tert-OH is 2. The van der Waals surface area contributed by atoms with E-state index in [-0.39, 0.29) is 19.0 Å². The lowest BCUT2D eigenvalue weighted by Crippen LogP contribution is -2.29. The Labute approximate surface area is 159 Å². The highest BCUT2D eigenvalue weighted by Crippen LogP contribution is 2.37. The van der Waals surface area contributed by atoms with E-state index >= 15 is 0 Å². The molecule has 0 atom stereocenters. The average molecular weight is 381 g/mol. The summed E-state index contributed by atoms with van der Waals surface area (Å²) < 4.78 is 14.5. The number of aromatic nitrogens is 1. The minimum absolute atomic E-state index is 0.0238. The zero-order valence-electron chi connectivity index (χ0n) is 16.0. The van der Waals surface area contributed by atoms with Crippen LogP contribution in [0.25, 0.3) is 10.6 Å². The molecule has 2 N–H and O–H groups in total. The van der Waals surface area contributed by atoms with Gasteiger partial charge in [0.2, 0.25) is 0 Å². The van der Waals surface area contributed by atoms with Crippen molar-refractivity contribution in [3.05, 3.63) is 40.2 Å². The molecule has 1 aromatic heterocycles. The van der Waals surface area contributed by atoms with Crippen LogP contribution in [0, 0.1) is 5.82 Å². The third-order valence-corrected chi connectivity index (χ3v) is 5.66. The molecule has 0 saturated carbocycles. The van der Waals surface area contributed by atoms with Gasteiger partial charge in [-0.1, -0.05) is 33.8 Å². The van der Waals surface area contributed by atoms with Crippen LogP contribution in [0.4, 0.5) is 4.39 Å². The van der Waals surface area contributed by atoms with Gasteiger partial charge in [-0.15, -0.1) is 11.3 Å². The Morgan fingerprint density at radius 3 is 2.23 bits per heavy atom. The number of benzene rings is 1. The fourth-order valence-corrected chi connectivity index (χ4v) is 4.17. The highest BCUT2D eigenvalue weighted by atomic mass is 32.1. The van der Waals surface area contributed by atoms with Gasteiger partial charge < -0.3 is 10.2 Å². The van der Waals surface area contributed by atoms with Crippen molar-refractivity contribution >= 4 is 11.3 Å². The Hall–Kier alpha value is -1.34. The molecule has 144 valence electrons. The first-order valence-electron chi connectivity index (χ1n) is 9.10. The third kappa shape index (κ3) is 5.10. The van der Waals surface area contributed by atoms with Gasteiger partial charge in [-0.25, -0.2) is 9.37 Å². The summed E-state index contributed by atoms with van der Waals surface area (Å²) in [6.45, 7) is 10.0. The van der Waals surface area contributed by atoms with Gasteiger partial charge >= 0.3 is 0 Å². The summed E-state index contributed by atoms with van der Waals surface area (Å²) in [5, 5.41) is 19.0. The van der Waals surface area contributed by atoms with E-state index in [4.69, 9.17) is 15.2 Å². The molecular weight excluding hydrogens is 351 g/mol. The Balaban J connectivity index is 2.36. The molecule has 0 spiro atoms. The fraction of sp³-hybridized carbons (Fsp3) is 0.550. The summed E-state index contributed by atoms with van der Waals surface area (Å²) >= 11 is 1.57. The maximum Gasteiger partial charge on any atom is 0.133 e. The van der Waals surface area contributed by atoms with Crippen LogP contribution in [0.15, 0.2) is 18.2 Å². The highest BCUT2D eigenvalue weighted by Gasteiger charge is 2.20. The minimum atomic E-state index is -0.274. The minimum Gasteiger partial charge on any atom is -0.395 e. The molecule has 4 nitrogen and oxygen atoms in total. The summed E-state index contributed by atoms with van der Waals surface area (Å²) in [6.07, 6.45) is 0. The number of thiazole rings is 1. The Morgan fingerprint density at radius 1 is 1.08 bits per heavy atom. The van der Waals surface area contributed by atoms with Crippen LogP contribution in [0.1, 0.15) is 55.7 Å². The molecule has 2 aromatic rings. The van der Waals surface area contributed by atoms with E-state index < -0.39 is 0 Å². The van der Waals surface area contributed by atoms with Gasteiger partial charge in [0.1, 0.15) is 10.8 Å². The summed E-state index contributed by atoms with van der Waals surface area (Å²) in [6, 6.07) is 5.07. The molecule has 1 aromatic carbocycles. The largest absolute Gasteiger partial charge is 0.395 e. The second-order valence-electron chi connectivity index (χ2n) is 7.12. The number of aliphatic hydroxyl groups is 2. The van der Waals surface area contributed by atoms with Crippen molar-refractivity contribution in [1.82, 2.24) is 9.88 Å². The van der Waals surface area contributed by atoms with Gasteiger partial charge in [0.05, 0.1) is 18.9 Å². The molecule has 0 aliphatic rings. The van der Waals surface area contributed by atoms with Gasteiger partial charge in [0.15, 0.2) is 0 Å². The molecule has 0 radical (unpaired) electrons. The SMILES string of the molecule is CC(C)c1nc(-c2cc(CN(CCO)CCO)ccc2F)sc1C(C)C. The standard InChI is InChI=1S/C20H29FN2O2S/c1-13(2)18-19(14(3)4)26-20(22-18)16-11-15(5-6-17(16)21)12-23(7-9-24)8-10-25/h5-6,11,13-14,24-25H,7-10,12H2,1-4H3. The predicted octanol–water partition coefficient (Wildman–Crippen LogP) is 3.98. The van der Waals surface area contributed by atoms with Crippen LogP contribution in [0.3, 0.4) is 0 Å². The second kappa shape index (κ2) is 9.55. The van der Waals surface area contributed by atoms with Crippen molar-refractivity contribution in [1.29, 1.82) is 0 Å². The van der Waals surface area contributed by atoms with Crippen molar-refractivity contribution in [2.45, 2.75) is 46.1 Å². The first-order chi connectivity index (χ1) is 12.4. The molecule has 0 aliphatic carbocycles. The summed E-state index contributed by atoms with van der Waals surface area (Å²) in [5.74, 6) is 0.381. The van der Waals surface area contributed by atoms with Crippen LogP contribution in [-0.4, -0.2) is 46.4 Å². The van der Waals surface area contributed by atoms with E-state index in [9.17, 15) is 4.39 Å². The summed E-state index contributed by atoms with van der Waals surface area (Å²) in [5.41, 5.74) is 2.51. The molecule has 0 unspecified atom stereocenters. The van der Waals surface area contributed by atoms with Gasteiger partial charge in [-0.2, -0.15) is 0 Å². The Morgan fingerprint density at radius 2 is 1.73 bits per heavy atom. The van der Waals surface area contributed by atoms with Crippen molar-refractivity contribution in [2.24, 2.45) is 0 Å². The van der Waals surface area contributed by atoms with E-state index in [0.717, 1.165) is 11.3 Å². The van der Waals surface area contributed by atoms with Crippen molar-refractivity contribution in [3.8, 4) is 10.6 Å². The first-order valence-corrected chi connectivity index (χ1v) is 9.92. The zero-order valence-corrected chi connectivity index (χ0v) is 16.8. The maximum absolute atomic E-state index is 14.5. The topological polar surface area (TPSA) is 56.6 Å². The van der Waals surface area contributed by atoms with E-state index in [1.807, 2.05) is 11.0 Å². The number of hydrogen-bond acceptors (Lipinski definition) is 5. The normalized spacial score (nSPS) is 11.9. The van der Waals surface area contributed by atoms with E-state index in [1.165, 1.54) is 10.9 Å². The van der Waals surface area contributed by atoms with Crippen molar-refractivity contribution in [3.63, 3.8) is 0 Å². The van der Waals surface area contributed by atoms with E-state index in [1.54, 1.807) is 17.4 Å². The second-order valence-corrected chi connectivity index (χ2v) is 8.15. The lowest BCUT2D eigenvalue weighted by Gasteiger charge is -2.20. The fourth-order valence-electron chi connectivity index (χ4n) is 2.93. The number of hydrogen-bond donors (Lipinski definition) is 2. The Kier molecular flexibility index (Phi) is 7.70. The van der Waals surface area contributed by atoms with E-state index in [2.05, 4.69) is 27.7 Å². The van der Waals surface area contributed by atoms with Crippen LogP contribution < -0.4 is 0 Å². The monoisotopic (exact) mass is 380 g/mol. The molecule has 0 fully saturated rings. The lowest BCUT2D eigenvalue weighted by molar-refractivity contribution is 0.156. The maximum atomic E-state index is 14.5. The molecule has 26 heavy (non-hydrogen) atoms. The van der Waals surface area contributed by atoms with Crippen LogP contribution >= 0.6 is 11.3 Å². The lowest BCUT2D eigenvalue weighted by atomic mass is 10.0. The average Bonchev–Trinajstić information content (AvgIpc) is 3.03. The smallest absolute Gasteiger partial charge is 0.133 e. The molecule has 6 heteroatoms. The molecule has 2 rings (SSSR count). The van der Waals surface area contributed by atoms with Gasteiger partial charge in [0, 0.05) is 30.1 Å². The van der Waals surface area contributed by atoms with Gasteiger partial charge in [-0.05, 0) is 29.5 Å². The summed E-state index contributed by atoms with van der Waals surface area (Å²) in [4.78, 5) is 7.89. The molecule has 0 amide bonds. The van der Waals surface area contributed by atoms with Gasteiger partial charge in [0.25, 0.3) is 0 Å². The van der Waals surface area contributed by atoms with Crippen molar-refractivity contribution in [2.75, 3.05) is 26.3 Å². The summed E-state index contributed by atoms with van der Waals surface area (Å²) in [7, 11) is 0. The van der Waals surface area contributed by atoms with Crippen LogP contribution in [-0.2, 0) is 6.54 Å². The zero-order chi connectivity index (χ0) is 19.3. The van der Waals surface area contributed by atoms with E-state index in [0.29, 0.717) is 42.0 Å². The number of halogens is 1. The highest BCUT2D eigenvalue weighted by molar-refractivity contribution is 7.15. The quantitative estimate of drug-likeness (QED) is 0.691. The first kappa shape index (κ1) is 21.0. The third-order valence-electron chi connectivity index (χ3n) is 4.25. The Bertz CT molecular complexity index is 684. The molecule has 0 saturated heterocycles. The van der Waals surface area contributed by atoms with Crippen LogP contribution in [0.5, 0.6) is 0 Å². The van der Waals surface area contributed by atoms with Crippen molar-refractivity contribution < 1.29 is 14.6 Å². The number of nitrogens with zero attached hydrogens (tertiary/aromatic N) is 2. The van der Waals surface area contributed by atoms with Crippen LogP contribution in [0.2, 0.25) is 0 Å². The molecule has 0 aliphatic heterocycles. The molecular formula is C20H29FN2O2S. The predicted molar refractivity (Wildman–Crippen MR) is 105 cm³/mol. The van der Waals surface area contributed by atoms with Gasteiger partial charge in [-0.3, -0.25) is 4.90 Å². The number of rotatable bonds is 9. The molecule has 1 heterocycles. The molecule has 0 bridgehead atoms.